The van der Waals surface area contributed by atoms with Gasteiger partial charge in [0.2, 0.25) is 0 Å². The van der Waals surface area contributed by atoms with E-state index in [2.05, 4.69) is 37.8 Å². The fraction of sp³-hybridized carbons (Fsp3) is 0.480. The van der Waals surface area contributed by atoms with Crippen LogP contribution in [0.5, 0.6) is 0 Å². The zero-order valence-corrected chi connectivity index (χ0v) is 18.6. The average Bonchev–Trinajstić information content (AvgIpc) is 2.70. The van der Waals surface area contributed by atoms with Crippen molar-refractivity contribution in [2.45, 2.75) is 65.2 Å². The second-order valence-corrected chi connectivity index (χ2v) is 6.76. The Kier molecular flexibility index (Phi) is 20.2. The van der Waals surface area contributed by atoms with Crippen LogP contribution < -0.4 is 0 Å². The van der Waals surface area contributed by atoms with Gasteiger partial charge in [-0.05, 0) is 19.8 Å². The molecule has 0 atom stereocenters. The summed E-state index contributed by atoms with van der Waals surface area (Å²) in [5.41, 5.74) is 0.552. The predicted octanol–water partition coefficient (Wildman–Crippen LogP) is 7.33. The molecule has 0 amide bonds. The predicted molar refractivity (Wildman–Crippen MR) is 127 cm³/mol. The van der Waals surface area contributed by atoms with Gasteiger partial charge in [-0.1, -0.05) is 112 Å². The summed E-state index contributed by atoms with van der Waals surface area (Å²) in [7, 11) is 0. The van der Waals surface area contributed by atoms with Crippen molar-refractivity contribution < 1.29 is 9.53 Å². The molecule has 0 rings (SSSR count). The van der Waals surface area contributed by atoms with Crippen molar-refractivity contribution in [3.05, 3.63) is 72.4 Å². The van der Waals surface area contributed by atoms with Crippen LogP contribution in [-0.4, -0.2) is 18.3 Å². The van der Waals surface area contributed by atoms with Crippen molar-refractivity contribution in [1.29, 1.82) is 0 Å². The van der Waals surface area contributed by atoms with Crippen molar-refractivity contribution in [2.75, 3.05) is 12.4 Å². The monoisotopic (exact) mass is 402 g/mol. The van der Waals surface area contributed by atoms with Gasteiger partial charge in [-0.25, -0.2) is 4.79 Å². The van der Waals surface area contributed by atoms with E-state index < -0.39 is 0 Å². The highest BCUT2D eigenvalue weighted by molar-refractivity contribution is 7.80. The first-order chi connectivity index (χ1) is 13.8. The Morgan fingerprint density at radius 1 is 0.750 bits per heavy atom. The molecular weight excluding hydrogens is 364 g/mol. The molecule has 0 fully saturated rings. The molecule has 0 aliphatic heterocycles. The lowest BCUT2D eigenvalue weighted by Gasteiger charge is -2.01. The van der Waals surface area contributed by atoms with E-state index in [0.29, 0.717) is 17.9 Å². The Balaban J connectivity index is 3.88. The smallest absolute Gasteiger partial charge is 0.334 e. The minimum absolute atomic E-state index is 0.309. The fourth-order valence-electron chi connectivity index (χ4n) is 2.42. The van der Waals surface area contributed by atoms with Gasteiger partial charge in [0.15, 0.2) is 0 Å². The number of esters is 1. The Labute approximate surface area is 178 Å². The normalized spacial score (nSPS) is 13.2. The molecule has 0 spiro atoms. The van der Waals surface area contributed by atoms with Crippen LogP contribution in [0.4, 0.5) is 0 Å². The number of rotatable bonds is 16. The molecule has 3 heteroatoms. The van der Waals surface area contributed by atoms with Crippen molar-refractivity contribution in [2.24, 2.45) is 0 Å². The second kappa shape index (κ2) is 21.6. The van der Waals surface area contributed by atoms with Crippen molar-refractivity contribution in [3.8, 4) is 0 Å². The van der Waals surface area contributed by atoms with Gasteiger partial charge in [0.05, 0.1) is 6.61 Å². The Hall–Kier alpha value is -1.74. The van der Waals surface area contributed by atoms with E-state index in [4.69, 9.17) is 4.74 Å². The molecule has 0 unspecified atom stereocenters. The van der Waals surface area contributed by atoms with Crippen molar-refractivity contribution >= 4 is 18.6 Å². The first-order valence-corrected chi connectivity index (χ1v) is 11.2. The van der Waals surface area contributed by atoms with Crippen LogP contribution >= 0.6 is 12.6 Å². The van der Waals surface area contributed by atoms with E-state index in [9.17, 15) is 4.79 Å². The minimum Gasteiger partial charge on any atom is -0.463 e. The highest BCUT2D eigenvalue weighted by Gasteiger charge is 2.06. The molecule has 0 aromatic rings. The summed E-state index contributed by atoms with van der Waals surface area (Å²) in [5, 5.41) is 0. The van der Waals surface area contributed by atoms with Gasteiger partial charge in [0.25, 0.3) is 0 Å². The largest absolute Gasteiger partial charge is 0.463 e. The van der Waals surface area contributed by atoms with Gasteiger partial charge in [-0.3, -0.25) is 0 Å². The molecule has 0 aromatic heterocycles. The zero-order chi connectivity index (χ0) is 20.7. The number of hydrogen-bond acceptors (Lipinski definition) is 3. The van der Waals surface area contributed by atoms with Crippen LogP contribution in [0.15, 0.2) is 72.4 Å². The first-order valence-electron chi connectivity index (χ1n) is 10.6. The number of thiol groups is 1. The summed E-state index contributed by atoms with van der Waals surface area (Å²) in [6.07, 6.45) is 32.4. The van der Waals surface area contributed by atoms with E-state index in [1.54, 1.807) is 13.0 Å². The Morgan fingerprint density at radius 2 is 1.29 bits per heavy atom. The van der Waals surface area contributed by atoms with E-state index in [0.717, 1.165) is 0 Å². The molecule has 0 aliphatic rings. The maximum absolute atomic E-state index is 11.6. The molecule has 0 saturated heterocycles. The molecule has 0 radical (unpaired) electrons. The van der Waals surface area contributed by atoms with Crippen molar-refractivity contribution in [1.82, 2.24) is 0 Å². The van der Waals surface area contributed by atoms with Crippen LogP contribution in [0.1, 0.15) is 65.2 Å². The molecule has 156 valence electrons. The minimum atomic E-state index is -0.309. The Bertz CT molecular complexity index is 551. The lowest BCUT2D eigenvalue weighted by atomic mass is 10.1. The van der Waals surface area contributed by atoms with Crippen molar-refractivity contribution in [3.63, 3.8) is 0 Å². The molecular formula is C25H38O2S. The van der Waals surface area contributed by atoms with E-state index in [1.807, 2.05) is 42.5 Å². The summed E-state index contributed by atoms with van der Waals surface area (Å²) in [6.45, 7) is 4.43. The number of carbonyl (C=O) groups is 1. The zero-order valence-electron chi connectivity index (χ0n) is 17.7. The van der Waals surface area contributed by atoms with Crippen LogP contribution in [-0.2, 0) is 9.53 Å². The highest BCUT2D eigenvalue weighted by Crippen LogP contribution is 2.08. The lowest BCUT2D eigenvalue weighted by molar-refractivity contribution is -0.138. The topological polar surface area (TPSA) is 26.3 Å². The maximum Gasteiger partial charge on any atom is 0.334 e. The summed E-state index contributed by atoms with van der Waals surface area (Å²) in [4.78, 5) is 11.6. The molecule has 28 heavy (non-hydrogen) atoms. The van der Waals surface area contributed by atoms with Gasteiger partial charge >= 0.3 is 5.97 Å². The summed E-state index contributed by atoms with van der Waals surface area (Å²) in [5.74, 6) is 0.0561. The number of unbranched alkanes of at least 4 members (excludes halogenated alkanes) is 7. The number of allylic oxidation sites excluding steroid dienone is 11. The number of hydrogen-bond donors (Lipinski definition) is 1. The fourth-order valence-corrected chi connectivity index (χ4v) is 2.66. The summed E-state index contributed by atoms with van der Waals surface area (Å²) in [6, 6.07) is 0. The molecule has 0 bridgehead atoms. The van der Waals surface area contributed by atoms with Crippen LogP contribution in [0.25, 0.3) is 0 Å². The molecule has 2 nitrogen and oxygen atoms in total. The average molecular weight is 403 g/mol. The highest BCUT2D eigenvalue weighted by atomic mass is 32.1. The molecule has 0 saturated carbocycles. The second-order valence-electron chi connectivity index (χ2n) is 6.45. The van der Waals surface area contributed by atoms with Gasteiger partial charge in [-0.15, -0.1) is 0 Å². The Morgan fingerprint density at radius 3 is 1.86 bits per heavy atom. The molecule has 0 aliphatic carbocycles. The maximum atomic E-state index is 11.6. The molecule has 0 N–H and O–H groups in total. The quantitative estimate of drug-likeness (QED) is 0.0961. The van der Waals surface area contributed by atoms with Gasteiger partial charge < -0.3 is 4.74 Å². The van der Waals surface area contributed by atoms with Gasteiger partial charge in [0.1, 0.15) is 0 Å². The standard InChI is InChI=1S/C25H38O2S/c1-3-5-6-7-8-9-10-11-12-13-14-15-16-17-18-19-20-21-22-24(23-28)25(26)27-4-2/h12-22,28H,3-11,23H2,1-2H3/b13-12+,15-14+,17-16+,19-18+,21-20+,24-22+. The first kappa shape index (κ1) is 26.3. The van der Waals surface area contributed by atoms with Crippen LogP contribution in [0.2, 0.25) is 0 Å². The molecule has 0 aromatic carbocycles. The SMILES string of the molecule is CCCCCCCCC/C=C/C=C/C=C/C=C/C=C/C=C(\CS)C(=O)OCC. The lowest BCUT2D eigenvalue weighted by Crippen LogP contribution is -2.08. The van der Waals surface area contributed by atoms with Gasteiger partial charge in [-0.2, -0.15) is 12.6 Å². The summed E-state index contributed by atoms with van der Waals surface area (Å²) >= 11 is 4.14. The van der Waals surface area contributed by atoms with E-state index in [1.165, 1.54) is 51.4 Å². The number of ether oxygens (including phenoxy) is 1. The third-order valence-electron chi connectivity index (χ3n) is 4.00. The number of carbonyl (C=O) groups excluding carboxylic acids is 1. The summed E-state index contributed by atoms with van der Waals surface area (Å²) < 4.78 is 4.95. The van der Waals surface area contributed by atoms with Gasteiger partial charge in [0, 0.05) is 11.3 Å². The third kappa shape index (κ3) is 17.7. The van der Waals surface area contributed by atoms with E-state index in [-0.39, 0.29) is 5.97 Å². The molecule has 0 heterocycles. The van der Waals surface area contributed by atoms with Crippen LogP contribution in [0.3, 0.4) is 0 Å². The third-order valence-corrected chi connectivity index (χ3v) is 4.35. The van der Waals surface area contributed by atoms with Crippen LogP contribution in [0, 0.1) is 0 Å². The van der Waals surface area contributed by atoms with E-state index >= 15 is 0 Å².